The summed E-state index contributed by atoms with van der Waals surface area (Å²) in [6.45, 7) is 4.70. The quantitative estimate of drug-likeness (QED) is 0.351. The zero-order chi connectivity index (χ0) is 10.6. The molecule has 0 rings (SSSR count). The number of nitrogens with two attached hydrogens (primary N) is 1. The van der Waals surface area contributed by atoms with Gasteiger partial charge in [-0.2, -0.15) is 0 Å². The number of nitrogens with one attached hydrogen (secondary N) is 1. The molecule has 0 aromatic carbocycles. The fourth-order valence-electron chi connectivity index (χ4n) is 1.03. The summed E-state index contributed by atoms with van der Waals surface area (Å²) in [5.74, 6) is 0.496. The van der Waals surface area contributed by atoms with Crippen molar-refractivity contribution in [2.24, 2.45) is 10.7 Å². The Kier molecular flexibility index (Phi) is 9.74. The second-order valence-electron chi connectivity index (χ2n) is 3.21. The molecular weight excluding hydrogens is 178 g/mol. The molecule has 0 fully saturated rings. The Labute approximate surface area is 86.9 Å². The first-order valence-electron chi connectivity index (χ1n) is 5.35. The number of hydrogen-bond acceptors (Lipinski definition) is 2. The first-order valence-corrected chi connectivity index (χ1v) is 5.35. The van der Waals surface area contributed by atoms with Gasteiger partial charge in [-0.15, -0.1) is 0 Å². The van der Waals surface area contributed by atoms with E-state index in [0.29, 0.717) is 5.96 Å². The molecule has 0 bridgehead atoms. The molecule has 0 aliphatic rings. The summed E-state index contributed by atoms with van der Waals surface area (Å²) < 4.78 is 5.43. The number of ether oxygens (including phenoxy) is 1. The SMILES string of the molecule is CCCCCOCCCNC(N)=NC. The van der Waals surface area contributed by atoms with E-state index in [1.807, 2.05) is 0 Å². The van der Waals surface area contributed by atoms with E-state index in [0.717, 1.165) is 26.2 Å². The molecule has 0 aliphatic carbocycles. The van der Waals surface area contributed by atoms with Gasteiger partial charge in [0.1, 0.15) is 0 Å². The van der Waals surface area contributed by atoms with Crippen LogP contribution < -0.4 is 11.1 Å². The lowest BCUT2D eigenvalue weighted by Crippen LogP contribution is -2.32. The highest BCUT2D eigenvalue weighted by Crippen LogP contribution is 1.94. The number of aliphatic imine (C=N–C) groups is 1. The maximum absolute atomic E-state index is 5.45. The first-order chi connectivity index (χ1) is 6.81. The molecule has 0 atom stereocenters. The number of unbranched alkanes of at least 4 members (excludes halogenated alkanes) is 2. The second-order valence-corrected chi connectivity index (χ2v) is 3.21. The van der Waals surface area contributed by atoms with Crippen molar-refractivity contribution < 1.29 is 4.74 Å². The van der Waals surface area contributed by atoms with Crippen LogP contribution in [0.2, 0.25) is 0 Å². The van der Waals surface area contributed by atoms with Crippen LogP contribution >= 0.6 is 0 Å². The molecule has 4 nitrogen and oxygen atoms in total. The van der Waals surface area contributed by atoms with Crippen LogP contribution in [0.15, 0.2) is 4.99 Å². The van der Waals surface area contributed by atoms with Crippen molar-refractivity contribution in [3.8, 4) is 0 Å². The van der Waals surface area contributed by atoms with Crippen LogP contribution in [0.25, 0.3) is 0 Å². The summed E-state index contributed by atoms with van der Waals surface area (Å²) in [5, 5.41) is 2.98. The molecule has 84 valence electrons. The fourth-order valence-corrected chi connectivity index (χ4v) is 1.03. The van der Waals surface area contributed by atoms with E-state index in [4.69, 9.17) is 10.5 Å². The van der Waals surface area contributed by atoms with Gasteiger partial charge >= 0.3 is 0 Å². The lowest BCUT2D eigenvalue weighted by Gasteiger charge is -2.05. The van der Waals surface area contributed by atoms with Gasteiger partial charge in [0.05, 0.1) is 0 Å². The average Bonchev–Trinajstić information content (AvgIpc) is 2.21. The number of guanidine groups is 1. The minimum absolute atomic E-state index is 0.496. The molecule has 0 saturated carbocycles. The average molecular weight is 201 g/mol. The van der Waals surface area contributed by atoms with E-state index in [9.17, 15) is 0 Å². The Hall–Kier alpha value is -0.770. The Morgan fingerprint density at radius 3 is 2.64 bits per heavy atom. The van der Waals surface area contributed by atoms with E-state index < -0.39 is 0 Å². The maximum Gasteiger partial charge on any atom is 0.188 e. The number of rotatable bonds is 8. The van der Waals surface area contributed by atoms with Crippen LogP contribution in [0.4, 0.5) is 0 Å². The Balaban J connectivity index is 2.99. The number of nitrogens with zero attached hydrogens (tertiary/aromatic N) is 1. The molecule has 0 aromatic heterocycles. The molecule has 4 heteroatoms. The molecule has 0 unspecified atom stereocenters. The van der Waals surface area contributed by atoms with E-state index in [1.165, 1.54) is 19.3 Å². The van der Waals surface area contributed by atoms with Crippen LogP contribution in [-0.2, 0) is 4.74 Å². The molecule has 0 aromatic rings. The van der Waals surface area contributed by atoms with Gasteiger partial charge in [0.15, 0.2) is 5.96 Å². The van der Waals surface area contributed by atoms with Crippen molar-refractivity contribution >= 4 is 5.96 Å². The first kappa shape index (κ1) is 13.2. The summed E-state index contributed by atoms with van der Waals surface area (Å²) in [4.78, 5) is 3.79. The highest BCUT2D eigenvalue weighted by molar-refractivity contribution is 5.77. The molecule has 0 heterocycles. The van der Waals surface area contributed by atoms with Crippen molar-refractivity contribution in [2.75, 3.05) is 26.8 Å². The summed E-state index contributed by atoms with van der Waals surface area (Å²) >= 11 is 0. The van der Waals surface area contributed by atoms with E-state index >= 15 is 0 Å². The molecule has 0 aliphatic heterocycles. The Bertz CT molecular complexity index is 148. The van der Waals surface area contributed by atoms with Crippen molar-refractivity contribution in [2.45, 2.75) is 32.6 Å². The summed E-state index contributed by atoms with van der Waals surface area (Å²) in [7, 11) is 1.67. The normalized spacial score (nSPS) is 11.7. The summed E-state index contributed by atoms with van der Waals surface area (Å²) in [6, 6.07) is 0. The lowest BCUT2D eigenvalue weighted by atomic mass is 10.3. The van der Waals surface area contributed by atoms with Gasteiger partial charge in [0, 0.05) is 26.8 Å². The predicted octanol–water partition coefficient (Wildman–Crippen LogP) is 1.12. The van der Waals surface area contributed by atoms with Gasteiger partial charge in [-0.05, 0) is 12.8 Å². The van der Waals surface area contributed by atoms with Crippen LogP contribution in [0.1, 0.15) is 32.6 Å². The smallest absolute Gasteiger partial charge is 0.188 e. The maximum atomic E-state index is 5.45. The second kappa shape index (κ2) is 10.3. The monoisotopic (exact) mass is 201 g/mol. The highest BCUT2D eigenvalue weighted by Gasteiger charge is 1.91. The largest absolute Gasteiger partial charge is 0.381 e. The number of hydrogen-bond donors (Lipinski definition) is 2. The van der Waals surface area contributed by atoms with Crippen LogP contribution in [-0.4, -0.2) is 32.8 Å². The van der Waals surface area contributed by atoms with Crippen LogP contribution in [0.3, 0.4) is 0 Å². The predicted molar refractivity (Wildman–Crippen MR) is 60.5 cm³/mol. The molecule has 3 N–H and O–H groups in total. The van der Waals surface area contributed by atoms with E-state index in [-0.39, 0.29) is 0 Å². The molecular formula is C10H23N3O. The van der Waals surface area contributed by atoms with Gasteiger partial charge in [0.2, 0.25) is 0 Å². The minimum Gasteiger partial charge on any atom is -0.381 e. The summed E-state index contributed by atoms with van der Waals surface area (Å²) in [6.07, 6.45) is 4.65. The lowest BCUT2D eigenvalue weighted by molar-refractivity contribution is 0.128. The third-order valence-corrected chi connectivity index (χ3v) is 1.90. The third-order valence-electron chi connectivity index (χ3n) is 1.90. The minimum atomic E-state index is 0.496. The molecule has 0 radical (unpaired) electrons. The van der Waals surface area contributed by atoms with Crippen molar-refractivity contribution in [3.63, 3.8) is 0 Å². The molecule has 14 heavy (non-hydrogen) atoms. The Morgan fingerprint density at radius 1 is 1.29 bits per heavy atom. The summed E-state index contributed by atoms with van der Waals surface area (Å²) in [5.41, 5.74) is 5.45. The van der Waals surface area contributed by atoms with Crippen molar-refractivity contribution in [1.82, 2.24) is 5.32 Å². The van der Waals surface area contributed by atoms with Gasteiger partial charge in [-0.25, -0.2) is 0 Å². The van der Waals surface area contributed by atoms with Gasteiger partial charge in [0.25, 0.3) is 0 Å². The van der Waals surface area contributed by atoms with Crippen molar-refractivity contribution in [3.05, 3.63) is 0 Å². The van der Waals surface area contributed by atoms with E-state index in [1.54, 1.807) is 7.05 Å². The molecule has 0 amide bonds. The van der Waals surface area contributed by atoms with Crippen LogP contribution in [0, 0.1) is 0 Å². The zero-order valence-electron chi connectivity index (χ0n) is 9.38. The fraction of sp³-hybridized carbons (Fsp3) is 0.900. The topological polar surface area (TPSA) is 59.6 Å². The zero-order valence-corrected chi connectivity index (χ0v) is 9.38. The third kappa shape index (κ3) is 9.32. The molecule has 0 spiro atoms. The molecule has 0 saturated heterocycles. The Morgan fingerprint density at radius 2 is 2.00 bits per heavy atom. The standard InChI is InChI=1S/C10H23N3O/c1-3-4-5-8-14-9-6-7-13-10(11)12-2/h3-9H2,1-2H3,(H3,11,12,13). The van der Waals surface area contributed by atoms with Gasteiger partial charge < -0.3 is 15.8 Å². The van der Waals surface area contributed by atoms with Crippen LogP contribution in [0.5, 0.6) is 0 Å². The van der Waals surface area contributed by atoms with Crippen molar-refractivity contribution in [1.29, 1.82) is 0 Å². The van der Waals surface area contributed by atoms with Gasteiger partial charge in [-0.3, -0.25) is 4.99 Å². The highest BCUT2D eigenvalue weighted by atomic mass is 16.5. The van der Waals surface area contributed by atoms with Gasteiger partial charge in [-0.1, -0.05) is 19.8 Å². The van der Waals surface area contributed by atoms with E-state index in [2.05, 4.69) is 17.2 Å².